The summed E-state index contributed by atoms with van der Waals surface area (Å²) in [6, 6.07) is 4.31. The summed E-state index contributed by atoms with van der Waals surface area (Å²) in [5.74, 6) is -11.5. The number of halogens is 6. The van der Waals surface area contributed by atoms with Gasteiger partial charge < -0.3 is 24.4 Å². The fraction of sp³-hybridized carbons (Fsp3) is 0.600. The van der Waals surface area contributed by atoms with E-state index in [2.05, 4.69) is 9.47 Å². The zero-order valence-corrected chi connectivity index (χ0v) is 18.2. The van der Waals surface area contributed by atoms with Gasteiger partial charge in [-0.05, 0) is 31.5 Å². The smallest absolute Gasteiger partial charge is 0.432 e. The number of hydrogen-bond donors (Lipinski definition) is 3. The van der Waals surface area contributed by atoms with E-state index in [9.17, 15) is 46.1 Å². The number of piperidine rings is 1. The largest absolute Gasteiger partial charge is 0.497 e. The summed E-state index contributed by atoms with van der Waals surface area (Å²) in [5, 5.41) is 21.8. The summed E-state index contributed by atoms with van der Waals surface area (Å²) in [6.07, 6.45) is -11.9. The molecule has 1 heterocycles. The molecule has 1 aliphatic heterocycles. The first-order valence-corrected chi connectivity index (χ1v) is 9.93. The van der Waals surface area contributed by atoms with Crippen LogP contribution in [0.2, 0.25) is 0 Å². The van der Waals surface area contributed by atoms with Crippen molar-refractivity contribution < 1.29 is 60.4 Å². The third-order valence-corrected chi connectivity index (χ3v) is 5.45. The highest BCUT2D eigenvalue weighted by atomic mass is 19.4. The van der Waals surface area contributed by atoms with Crippen LogP contribution < -0.4 is 10.1 Å². The Morgan fingerprint density at radius 3 is 1.56 bits per heavy atom. The van der Waals surface area contributed by atoms with Gasteiger partial charge in [-0.1, -0.05) is 12.1 Å². The third kappa shape index (κ3) is 4.66. The molecule has 1 fully saturated rings. The van der Waals surface area contributed by atoms with Crippen molar-refractivity contribution in [2.75, 3.05) is 20.3 Å². The summed E-state index contributed by atoms with van der Waals surface area (Å²) < 4.78 is 98.5. The van der Waals surface area contributed by atoms with Crippen molar-refractivity contribution in [1.82, 2.24) is 5.32 Å². The van der Waals surface area contributed by atoms with Gasteiger partial charge in [-0.2, -0.15) is 26.3 Å². The first-order valence-electron chi connectivity index (χ1n) is 9.93. The number of hydrogen-bond acceptors (Lipinski definition) is 8. The SMILES string of the molecule is CCOC(=O)C1C(c2ccc(OC)cc2)C(C(=O)OCC)C(O)(C(F)(F)F)NC1(O)C(F)(F)F. The third-order valence-electron chi connectivity index (χ3n) is 5.45. The number of ether oxygens (including phenoxy) is 3. The zero-order valence-electron chi connectivity index (χ0n) is 18.2. The van der Waals surface area contributed by atoms with E-state index < -0.39 is 72.3 Å². The molecule has 4 atom stereocenters. The van der Waals surface area contributed by atoms with Crippen molar-refractivity contribution in [1.29, 1.82) is 0 Å². The molecule has 8 nitrogen and oxygen atoms in total. The summed E-state index contributed by atoms with van der Waals surface area (Å²) in [4.78, 5) is 25.4. The Balaban J connectivity index is 2.95. The number of esters is 2. The quantitative estimate of drug-likeness (QED) is 0.400. The molecule has 0 spiro atoms. The van der Waals surface area contributed by atoms with Gasteiger partial charge in [0.2, 0.25) is 11.4 Å². The number of carbonyl (C=O) groups excluding carboxylic acids is 2. The molecule has 0 radical (unpaired) electrons. The van der Waals surface area contributed by atoms with Crippen molar-refractivity contribution in [3.05, 3.63) is 29.8 Å². The number of methoxy groups -OCH3 is 1. The van der Waals surface area contributed by atoms with Crippen LogP contribution in [0.1, 0.15) is 25.3 Å². The van der Waals surface area contributed by atoms with E-state index in [-0.39, 0.29) is 5.75 Å². The van der Waals surface area contributed by atoms with Crippen molar-refractivity contribution >= 4 is 11.9 Å². The summed E-state index contributed by atoms with van der Waals surface area (Å²) in [7, 11) is 1.24. The molecule has 1 aromatic carbocycles. The summed E-state index contributed by atoms with van der Waals surface area (Å²) in [6.45, 7) is 1.45. The zero-order chi connectivity index (χ0) is 26.1. The Labute approximate surface area is 189 Å². The van der Waals surface area contributed by atoms with Crippen LogP contribution in [0, 0.1) is 11.8 Å². The molecular formula is C20H23F6NO7. The van der Waals surface area contributed by atoms with Crippen molar-refractivity contribution in [2.45, 2.75) is 43.6 Å². The van der Waals surface area contributed by atoms with Gasteiger partial charge in [0.15, 0.2) is 0 Å². The van der Waals surface area contributed by atoms with Crippen LogP contribution in [0.25, 0.3) is 0 Å². The van der Waals surface area contributed by atoms with Gasteiger partial charge in [-0.25, -0.2) is 5.32 Å². The van der Waals surface area contributed by atoms with Crippen LogP contribution in [-0.2, 0) is 19.1 Å². The molecule has 1 aromatic rings. The molecule has 14 heteroatoms. The van der Waals surface area contributed by atoms with Gasteiger partial charge in [0.05, 0.1) is 20.3 Å². The lowest BCUT2D eigenvalue weighted by atomic mass is 9.64. The van der Waals surface area contributed by atoms with E-state index in [1.807, 2.05) is 0 Å². The molecule has 34 heavy (non-hydrogen) atoms. The van der Waals surface area contributed by atoms with Crippen LogP contribution in [0.5, 0.6) is 5.75 Å². The first kappa shape index (κ1) is 27.7. The lowest BCUT2D eigenvalue weighted by Gasteiger charge is -2.54. The summed E-state index contributed by atoms with van der Waals surface area (Å²) in [5.41, 5.74) is -9.74. The monoisotopic (exact) mass is 503 g/mol. The second-order valence-corrected chi connectivity index (χ2v) is 7.41. The number of carbonyl (C=O) groups is 2. The second-order valence-electron chi connectivity index (χ2n) is 7.41. The topological polar surface area (TPSA) is 114 Å². The maximum absolute atomic E-state index is 14.1. The molecule has 0 amide bonds. The highest BCUT2D eigenvalue weighted by Crippen LogP contribution is 2.55. The average molecular weight is 503 g/mol. The van der Waals surface area contributed by atoms with E-state index in [1.54, 1.807) is 0 Å². The first-order chi connectivity index (χ1) is 15.6. The minimum Gasteiger partial charge on any atom is -0.497 e. The van der Waals surface area contributed by atoms with E-state index >= 15 is 0 Å². The summed E-state index contributed by atoms with van der Waals surface area (Å²) >= 11 is 0. The predicted molar refractivity (Wildman–Crippen MR) is 101 cm³/mol. The number of nitrogens with one attached hydrogen (secondary N) is 1. The maximum Gasteiger partial charge on any atom is 0.432 e. The number of alkyl halides is 6. The molecule has 1 saturated heterocycles. The van der Waals surface area contributed by atoms with Gasteiger partial charge in [-0.15, -0.1) is 0 Å². The lowest BCUT2D eigenvalue weighted by molar-refractivity contribution is -0.376. The van der Waals surface area contributed by atoms with E-state index in [0.29, 0.717) is 0 Å². The Hall–Kier alpha value is -2.58. The number of aliphatic hydroxyl groups is 2. The average Bonchev–Trinajstić information content (AvgIpc) is 2.72. The molecule has 3 N–H and O–H groups in total. The Bertz CT molecular complexity index is 843. The van der Waals surface area contributed by atoms with Crippen LogP contribution in [0.4, 0.5) is 26.3 Å². The molecule has 0 saturated carbocycles. The molecule has 1 aliphatic rings. The minimum atomic E-state index is -5.94. The predicted octanol–water partition coefficient (Wildman–Crippen LogP) is 2.24. The Morgan fingerprint density at radius 1 is 0.882 bits per heavy atom. The van der Waals surface area contributed by atoms with Gasteiger partial charge >= 0.3 is 24.3 Å². The molecular weight excluding hydrogens is 480 g/mol. The Morgan fingerprint density at radius 2 is 1.26 bits per heavy atom. The van der Waals surface area contributed by atoms with Gasteiger partial charge in [0, 0.05) is 5.92 Å². The number of benzene rings is 1. The van der Waals surface area contributed by atoms with E-state index in [4.69, 9.17) is 4.74 Å². The van der Waals surface area contributed by atoms with Gasteiger partial charge in [-0.3, -0.25) is 9.59 Å². The normalized spacial score (nSPS) is 29.9. The maximum atomic E-state index is 14.1. The van der Waals surface area contributed by atoms with Crippen molar-refractivity contribution in [2.24, 2.45) is 11.8 Å². The highest BCUT2D eigenvalue weighted by molar-refractivity contribution is 5.81. The van der Waals surface area contributed by atoms with E-state index in [0.717, 1.165) is 29.6 Å². The van der Waals surface area contributed by atoms with Gasteiger partial charge in [0.25, 0.3) is 0 Å². The van der Waals surface area contributed by atoms with Crippen LogP contribution >= 0.6 is 0 Å². The molecule has 0 aromatic heterocycles. The molecule has 0 bridgehead atoms. The lowest BCUT2D eigenvalue weighted by Crippen LogP contribution is -2.81. The fourth-order valence-corrected chi connectivity index (χ4v) is 3.96. The van der Waals surface area contributed by atoms with E-state index in [1.165, 1.54) is 21.0 Å². The molecule has 2 rings (SSSR count). The molecule has 4 unspecified atom stereocenters. The van der Waals surface area contributed by atoms with Gasteiger partial charge in [0.1, 0.15) is 17.6 Å². The number of rotatable bonds is 6. The standard InChI is InChI=1S/C20H23F6NO7/c1-4-33-15(28)13-12(10-6-8-11(32-3)9-7-10)14(16(29)34-5-2)18(31,20(24,25)26)27-17(13,30)19(21,22)23/h6-9,12-14,27,30-31H,4-5H2,1-3H3. The van der Waals surface area contributed by atoms with Crippen molar-refractivity contribution in [3.63, 3.8) is 0 Å². The van der Waals surface area contributed by atoms with Crippen LogP contribution in [-0.4, -0.2) is 66.3 Å². The highest BCUT2D eigenvalue weighted by Gasteiger charge is 2.78. The fourth-order valence-electron chi connectivity index (χ4n) is 3.96. The Kier molecular flexibility index (Phi) is 7.80. The minimum absolute atomic E-state index is 0.148. The molecule has 0 aliphatic carbocycles. The van der Waals surface area contributed by atoms with Crippen LogP contribution in [0.15, 0.2) is 24.3 Å². The van der Waals surface area contributed by atoms with Crippen LogP contribution in [0.3, 0.4) is 0 Å². The van der Waals surface area contributed by atoms with Crippen molar-refractivity contribution in [3.8, 4) is 5.75 Å². The second kappa shape index (κ2) is 9.58. The molecule has 192 valence electrons.